The van der Waals surface area contributed by atoms with Crippen LogP contribution in [0.2, 0.25) is 0 Å². The van der Waals surface area contributed by atoms with Crippen LogP contribution in [0, 0.1) is 5.92 Å². The summed E-state index contributed by atoms with van der Waals surface area (Å²) in [5.74, 6) is -0.320. The number of carbonyl (C=O) groups excluding carboxylic acids is 2. The second-order valence-electron chi connectivity index (χ2n) is 6.89. The number of rotatable bonds is 4. The van der Waals surface area contributed by atoms with E-state index < -0.39 is 0 Å². The minimum absolute atomic E-state index is 0.149. The molecule has 1 saturated carbocycles. The van der Waals surface area contributed by atoms with Crippen molar-refractivity contribution in [3.8, 4) is 0 Å². The fourth-order valence-corrected chi connectivity index (χ4v) is 3.50. The highest BCUT2D eigenvalue weighted by molar-refractivity contribution is 6.39. The first kappa shape index (κ1) is 16.7. The van der Waals surface area contributed by atoms with Gasteiger partial charge in [-0.15, -0.1) is 0 Å². The second-order valence-corrected chi connectivity index (χ2v) is 6.89. The molecule has 7 heteroatoms. The van der Waals surface area contributed by atoms with Gasteiger partial charge in [0.1, 0.15) is 5.71 Å². The number of nitrogens with one attached hydrogen (secondary N) is 2. The summed E-state index contributed by atoms with van der Waals surface area (Å²) in [6.45, 7) is 0. The normalized spacial score (nSPS) is 23.6. The highest BCUT2D eigenvalue weighted by atomic mass is 16.3. The van der Waals surface area contributed by atoms with E-state index in [4.69, 9.17) is 0 Å². The number of amides is 2. The van der Waals surface area contributed by atoms with E-state index in [-0.39, 0.29) is 36.3 Å². The average Bonchev–Trinajstić information content (AvgIpc) is 2.64. The minimum atomic E-state index is -0.320. The lowest BCUT2D eigenvalue weighted by atomic mass is 9.75. The minimum Gasteiger partial charge on any atom is -0.393 e. The SMILES string of the molecule is O=C1CCC(C(=O)N[C@H](c2cnc3ccccc3c2)C2CC(O)C2)=NN1. The van der Waals surface area contributed by atoms with Crippen molar-refractivity contribution in [2.45, 2.75) is 37.8 Å². The van der Waals surface area contributed by atoms with Crippen LogP contribution in [0.15, 0.2) is 41.6 Å². The summed E-state index contributed by atoms with van der Waals surface area (Å²) in [6.07, 6.45) is 3.33. The van der Waals surface area contributed by atoms with Crippen LogP contribution in [0.4, 0.5) is 0 Å². The first-order valence-electron chi connectivity index (χ1n) is 8.79. The summed E-state index contributed by atoms with van der Waals surface area (Å²) in [7, 11) is 0. The van der Waals surface area contributed by atoms with Crippen LogP contribution in [-0.2, 0) is 9.59 Å². The van der Waals surface area contributed by atoms with Gasteiger partial charge >= 0.3 is 0 Å². The van der Waals surface area contributed by atoms with Crippen molar-refractivity contribution in [3.05, 3.63) is 42.1 Å². The largest absolute Gasteiger partial charge is 0.393 e. The molecule has 3 N–H and O–H groups in total. The van der Waals surface area contributed by atoms with Crippen LogP contribution in [0.5, 0.6) is 0 Å². The second kappa shape index (κ2) is 6.84. The fourth-order valence-electron chi connectivity index (χ4n) is 3.50. The zero-order valence-electron chi connectivity index (χ0n) is 14.2. The average molecular weight is 352 g/mol. The quantitative estimate of drug-likeness (QED) is 0.774. The fraction of sp³-hybridized carbons (Fsp3) is 0.368. The van der Waals surface area contributed by atoms with Crippen LogP contribution < -0.4 is 10.7 Å². The van der Waals surface area contributed by atoms with Crippen molar-refractivity contribution in [2.24, 2.45) is 11.0 Å². The lowest BCUT2D eigenvalue weighted by Crippen LogP contribution is -2.44. The Balaban J connectivity index is 1.59. The number of fused-ring (bicyclic) bond motifs is 1. The first-order chi connectivity index (χ1) is 12.6. The van der Waals surface area contributed by atoms with Gasteiger partial charge in [-0.1, -0.05) is 18.2 Å². The third-order valence-electron chi connectivity index (χ3n) is 5.04. The van der Waals surface area contributed by atoms with Crippen LogP contribution in [0.1, 0.15) is 37.3 Å². The van der Waals surface area contributed by atoms with Crippen molar-refractivity contribution >= 4 is 28.4 Å². The summed E-state index contributed by atoms with van der Waals surface area (Å²) in [5.41, 5.74) is 4.48. The molecular formula is C19H20N4O3. The van der Waals surface area contributed by atoms with Crippen molar-refractivity contribution in [3.63, 3.8) is 0 Å². The van der Waals surface area contributed by atoms with Gasteiger partial charge in [0.15, 0.2) is 0 Å². The molecule has 134 valence electrons. The molecule has 0 unspecified atom stereocenters. The molecule has 0 radical (unpaired) electrons. The van der Waals surface area contributed by atoms with E-state index in [0.717, 1.165) is 16.5 Å². The standard InChI is InChI=1S/C19H20N4O3/c24-14-8-12(9-14)18(21-19(26)16-5-6-17(25)23-22-16)13-7-11-3-1-2-4-15(11)20-10-13/h1-4,7,10,12,14,18,24H,5-6,8-9H2,(H,21,26)(H,23,25)/t12?,14?,18-/m0/s1. The van der Waals surface area contributed by atoms with Crippen LogP contribution >= 0.6 is 0 Å². The summed E-state index contributed by atoms with van der Waals surface area (Å²) in [5, 5.41) is 17.6. The highest BCUT2D eigenvalue weighted by Crippen LogP contribution is 2.38. The molecule has 26 heavy (non-hydrogen) atoms. The number of aromatic nitrogens is 1. The number of para-hydroxylation sites is 1. The smallest absolute Gasteiger partial charge is 0.267 e. The lowest BCUT2D eigenvalue weighted by Gasteiger charge is -2.38. The van der Waals surface area contributed by atoms with Crippen molar-refractivity contribution in [1.29, 1.82) is 0 Å². The molecular weight excluding hydrogens is 332 g/mol. The zero-order valence-corrected chi connectivity index (χ0v) is 14.2. The molecule has 1 aliphatic heterocycles. The molecule has 0 saturated heterocycles. The van der Waals surface area contributed by atoms with E-state index in [1.807, 2.05) is 30.3 Å². The predicted molar refractivity (Wildman–Crippen MR) is 96.2 cm³/mol. The molecule has 1 aromatic heterocycles. The monoisotopic (exact) mass is 352 g/mol. The Bertz CT molecular complexity index is 889. The maximum atomic E-state index is 12.6. The molecule has 4 rings (SSSR count). The van der Waals surface area contributed by atoms with Gasteiger partial charge in [-0.3, -0.25) is 14.6 Å². The number of nitrogens with zero attached hydrogens (tertiary/aromatic N) is 2. The first-order valence-corrected chi connectivity index (χ1v) is 8.79. The predicted octanol–water partition coefficient (Wildman–Crippen LogP) is 1.43. The number of pyridine rings is 1. The number of aliphatic hydroxyl groups excluding tert-OH is 1. The lowest BCUT2D eigenvalue weighted by molar-refractivity contribution is -0.121. The maximum absolute atomic E-state index is 12.6. The molecule has 2 heterocycles. The van der Waals surface area contributed by atoms with Crippen LogP contribution in [0.3, 0.4) is 0 Å². The van der Waals surface area contributed by atoms with E-state index in [9.17, 15) is 14.7 Å². The zero-order chi connectivity index (χ0) is 18.1. The molecule has 7 nitrogen and oxygen atoms in total. The molecule has 1 aromatic carbocycles. The molecule has 1 atom stereocenters. The Morgan fingerprint density at radius 2 is 2.08 bits per heavy atom. The van der Waals surface area contributed by atoms with Gasteiger partial charge in [0.05, 0.1) is 17.7 Å². The maximum Gasteiger partial charge on any atom is 0.267 e. The van der Waals surface area contributed by atoms with E-state index in [1.165, 1.54) is 0 Å². The van der Waals surface area contributed by atoms with Crippen LogP contribution in [0.25, 0.3) is 10.9 Å². The highest BCUT2D eigenvalue weighted by Gasteiger charge is 2.36. The van der Waals surface area contributed by atoms with E-state index in [1.54, 1.807) is 6.20 Å². The molecule has 0 bridgehead atoms. The van der Waals surface area contributed by atoms with Crippen molar-refractivity contribution in [2.75, 3.05) is 0 Å². The van der Waals surface area contributed by atoms with Crippen molar-refractivity contribution < 1.29 is 14.7 Å². The Morgan fingerprint density at radius 1 is 1.27 bits per heavy atom. The number of aliphatic hydroxyl groups is 1. The van der Waals surface area contributed by atoms with E-state index in [2.05, 4.69) is 20.8 Å². The van der Waals surface area contributed by atoms with Gasteiger partial charge in [-0.2, -0.15) is 5.10 Å². The van der Waals surface area contributed by atoms with Gasteiger partial charge in [-0.05, 0) is 36.5 Å². The Labute approximate surface area is 150 Å². The number of hydrogen-bond donors (Lipinski definition) is 3. The summed E-state index contributed by atoms with van der Waals surface area (Å²) in [6, 6.07) is 9.60. The third-order valence-corrected chi connectivity index (χ3v) is 5.04. The topological polar surface area (TPSA) is 104 Å². The number of carbonyl (C=O) groups is 2. The van der Waals surface area contributed by atoms with Gasteiger partial charge in [-0.25, -0.2) is 5.43 Å². The summed E-state index contributed by atoms with van der Waals surface area (Å²) in [4.78, 5) is 28.3. The number of hydrogen-bond acceptors (Lipinski definition) is 5. The number of hydrazone groups is 1. The van der Waals surface area contributed by atoms with E-state index >= 15 is 0 Å². The van der Waals surface area contributed by atoms with E-state index in [0.29, 0.717) is 25.0 Å². The Kier molecular flexibility index (Phi) is 4.38. The molecule has 1 fully saturated rings. The molecule has 1 aliphatic carbocycles. The van der Waals surface area contributed by atoms with Gasteiger partial charge < -0.3 is 10.4 Å². The molecule has 2 aromatic rings. The van der Waals surface area contributed by atoms with Crippen molar-refractivity contribution in [1.82, 2.24) is 15.7 Å². The van der Waals surface area contributed by atoms with Gasteiger partial charge in [0, 0.05) is 24.4 Å². The Morgan fingerprint density at radius 3 is 2.81 bits per heavy atom. The third kappa shape index (κ3) is 3.30. The summed E-state index contributed by atoms with van der Waals surface area (Å²) < 4.78 is 0. The van der Waals surface area contributed by atoms with Gasteiger partial charge in [0.25, 0.3) is 5.91 Å². The summed E-state index contributed by atoms with van der Waals surface area (Å²) >= 11 is 0. The van der Waals surface area contributed by atoms with Crippen LogP contribution in [-0.4, -0.2) is 33.7 Å². The molecule has 2 aliphatic rings. The van der Waals surface area contributed by atoms with Gasteiger partial charge in [0.2, 0.25) is 5.91 Å². The molecule has 2 amide bonds. The number of benzene rings is 1. The Hall–Kier alpha value is -2.80. The molecule has 0 spiro atoms.